The number of amides is 2. The third-order valence-electron chi connectivity index (χ3n) is 6.79. The van der Waals surface area contributed by atoms with E-state index in [4.69, 9.17) is 4.42 Å². The molecule has 2 aliphatic rings. The Morgan fingerprint density at radius 2 is 2.00 bits per heavy atom. The lowest BCUT2D eigenvalue weighted by Gasteiger charge is -2.44. The second kappa shape index (κ2) is 8.50. The van der Waals surface area contributed by atoms with Crippen LogP contribution in [0, 0.1) is 5.82 Å². The van der Waals surface area contributed by atoms with Crippen LogP contribution in [-0.2, 0) is 17.9 Å². The van der Waals surface area contributed by atoms with E-state index < -0.39 is 11.4 Å². The minimum atomic E-state index is -1.23. The van der Waals surface area contributed by atoms with Crippen LogP contribution >= 0.6 is 0 Å². The number of fused-ring (bicyclic) bond motifs is 1. The Bertz CT molecular complexity index is 1170. The maximum absolute atomic E-state index is 14.5. The highest BCUT2D eigenvalue weighted by atomic mass is 19.1. The number of carbonyl (C=O) groups is 2. The Kier molecular flexibility index (Phi) is 5.52. The summed E-state index contributed by atoms with van der Waals surface area (Å²) in [4.78, 5) is 28.7. The van der Waals surface area contributed by atoms with E-state index in [2.05, 4.69) is 10.4 Å². The van der Waals surface area contributed by atoms with Crippen molar-refractivity contribution in [3.63, 3.8) is 0 Å². The van der Waals surface area contributed by atoms with Crippen LogP contribution < -0.4 is 5.32 Å². The standard InChI is InChI=1S/C25H27FN4O3/c1-25(24(32)27-18-9-3-2-4-10-18)16-30-21(14-20(28-30)22-12-7-13-33-22)23(31)29(25)15-17-8-5-6-11-19(17)26/h5-8,11-14,18H,2-4,9-10,15-16H2,1H3,(H,27,32). The number of nitrogens with zero attached hydrogens (tertiary/aromatic N) is 3. The molecule has 1 fully saturated rings. The lowest BCUT2D eigenvalue weighted by Crippen LogP contribution is -2.64. The van der Waals surface area contributed by atoms with E-state index >= 15 is 0 Å². The number of hydrogen-bond donors (Lipinski definition) is 1. The van der Waals surface area contributed by atoms with Gasteiger partial charge in [0.15, 0.2) is 5.76 Å². The van der Waals surface area contributed by atoms with E-state index in [0.29, 0.717) is 22.7 Å². The highest BCUT2D eigenvalue weighted by molar-refractivity contribution is 6.00. The quantitative estimate of drug-likeness (QED) is 0.633. The average Bonchev–Trinajstić information content (AvgIpc) is 3.48. The number of aromatic nitrogens is 2. The van der Waals surface area contributed by atoms with E-state index in [1.165, 1.54) is 17.4 Å². The average molecular weight is 451 g/mol. The first-order chi connectivity index (χ1) is 16.0. The highest BCUT2D eigenvalue weighted by Crippen LogP contribution is 2.32. The molecular formula is C25H27FN4O3. The molecule has 7 nitrogen and oxygen atoms in total. The van der Waals surface area contributed by atoms with Gasteiger partial charge in [-0.2, -0.15) is 5.10 Å². The summed E-state index contributed by atoms with van der Waals surface area (Å²) < 4.78 is 21.5. The fraction of sp³-hybridized carbons (Fsp3) is 0.400. The van der Waals surface area contributed by atoms with Crippen molar-refractivity contribution in [2.45, 2.75) is 63.7 Å². The molecule has 1 N–H and O–H groups in total. The SMILES string of the molecule is CC1(C(=O)NC2CCCCC2)Cn2nc(-c3ccco3)cc2C(=O)N1Cc1ccccc1F. The van der Waals surface area contributed by atoms with Crippen LogP contribution in [-0.4, -0.2) is 38.1 Å². The number of benzene rings is 1. The summed E-state index contributed by atoms with van der Waals surface area (Å²) in [5, 5.41) is 7.71. The van der Waals surface area contributed by atoms with Crippen molar-refractivity contribution >= 4 is 11.8 Å². The molecule has 0 spiro atoms. The van der Waals surface area contributed by atoms with Crippen molar-refractivity contribution in [1.29, 1.82) is 0 Å². The van der Waals surface area contributed by atoms with Gasteiger partial charge in [0.2, 0.25) is 5.91 Å². The molecule has 8 heteroatoms. The Balaban J connectivity index is 1.52. The normalized spacial score (nSPS) is 21.2. The van der Waals surface area contributed by atoms with Gasteiger partial charge in [-0.05, 0) is 38.0 Å². The smallest absolute Gasteiger partial charge is 0.273 e. The first-order valence-corrected chi connectivity index (χ1v) is 11.4. The summed E-state index contributed by atoms with van der Waals surface area (Å²) >= 11 is 0. The van der Waals surface area contributed by atoms with E-state index in [1.54, 1.807) is 54.3 Å². The molecule has 1 unspecified atom stereocenters. The molecule has 1 saturated carbocycles. The van der Waals surface area contributed by atoms with Gasteiger partial charge in [0.1, 0.15) is 22.7 Å². The van der Waals surface area contributed by atoms with Gasteiger partial charge in [0.05, 0.1) is 19.4 Å². The number of furan rings is 1. The molecule has 5 rings (SSSR count). The van der Waals surface area contributed by atoms with Gasteiger partial charge in [-0.25, -0.2) is 4.39 Å². The number of carbonyl (C=O) groups excluding carboxylic acids is 2. The van der Waals surface area contributed by atoms with Crippen LogP contribution in [0.2, 0.25) is 0 Å². The zero-order chi connectivity index (χ0) is 23.0. The monoisotopic (exact) mass is 450 g/mol. The van der Waals surface area contributed by atoms with Crippen LogP contribution in [0.15, 0.2) is 53.1 Å². The third kappa shape index (κ3) is 3.94. The second-order valence-corrected chi connectivity index (χ2v) is 9.11. The third-order valence-corrected chi connectivity index (χ3v) is 6.79. The maximum atomic E-state index is 14.5. The predicted octanol–water partition coefficient (Wildman–Crippen LogP) is 4.15. The van der Waals surface area contributed by atoms with Crippen molar-refractivity contribution in [3.05, 3.63) is 65.8 Å². The Morgan fingerprint density at radius 1 is 1.21 bits per heavy atom. The predicted molar refractivity (Wildman–Crippen MR) is 120 cm³/mol. The first-order valence-electron chi connectivity index (χ1n) is 11.4. The number of halogens is 1. The fourth-order valence-electron chi connectivity index (χ4n) is 4.82. The van der Waals surface area contributed by atoms with Gasteiger partial charge in [-0.3, -0.25) is 14.3 Å². The van der Waals surface area contributed by atoms with Gasteiger partial charge in [0, 0.05) is 17.7 Å². The maximum Gasteiger partial charge on any atom is 0.273 e. The van der Waals surface area contributed by atoms with E-state index in [1.807, 2.05) is 0 Å². The molecular weight excluding hydrogens is 423 g/mol. The van der Waals surface area contributed by atoms with Gasteiger partial charge in [-0.1, -0.05) is 37.5 Å². The summed E-state index contributed by atoms with van der Waals surface area (Å²) in [5.74, 6) is -0.467. The van der Waals surface area contributed by atoms with Crippen molar-refractivity contribution in [1.82, 2.24) is 20.0 Å². The minimum Gasteiger partial charge on any atom is -0.463 e. The Morgan fingerprint density at radius 3 is 2.73 bits per heavy atom. The minimum absolute atomic E-state index is 0.0125. The van der Waals surface area contributed by atoms with Crippen LogP contribution in [0.4, 0.5) is 4.39 Å². The molecule has 172 valence electrons. The molecule has 1 aromatic carbocycles. The topological polar surface area (TPSA) is 80.4 Å². The molecule has 1 aliphatic carbocycles. The lowest BCUT2D eigenvalue weighted by atomic mass is 9.91. The second-order valence-electron chi connectivity index (χ2n) is 9.11. The molecule has 1 atom stereocenters. The molecule has 1 aliphatic heterocycles. The summed E-state index contributed by atoms with van der Waals surface area (Å²) in [7, 11) is 0. The van der Waals surface area contributed by atoms with Crippen molar-refractivity contribution < 1.29 is 18.4 Å². The van der Waals surface area contributed by atoms with Crippen molar-refractivity contribution in [2.24, 2.45) is 0 Å². The number of nitrogens with one attached hydrogen (secondary N) is 1. The van der Waals surface area contributed by atoms with E-state index in [-0.39, 0.29) is 30.9 Å². The molecule has 0 saturated heterocycles. The van der Waals surface area contributed by atoms with Gasteiger partial charge < -0.3 is 14.6 Å². The Labute approximate surface area is 191 Å². The molecule has 0 bridgehead atoms. The van der Waals surface area contributed by atoms with E-state index in [9.17, 15) is 14.0 Å². The summed E-state index contributed by atoms with van der Waals surface area (Å²) in [6.45, 7) is 1.89. The van der Waals surface area contributed by atoms with Crippen molar-refractivity contribution in [2.75, 3.05) is 0 Å². The molecule has 33 heavy (non-hydrogen) atoms. The lowest BCUT2D eigenvalue weighted by molar-refractivity contribution is -0.134. The van der Waals surface area contributed by atoms with Crippen molar-refractivity contribution in [3.8, 4) is 11.5 Å². The van der Waals surface area contributed by atoms with Gasteiger partial charge >= 0.3 is 0 Å². The zero-order valence-electron chi connectivity index (χ0n) is 18.6. The Hall–Kier alpha value is -3.42. The molecule has 3 heterocycles. The van der Waals surface area contributed by atoms with Crippen LogP contribution in [0.3, 0.4) is 0 Å². The highest BCUT2D eigenvalue weighted by Gasteiger charge is 2.48. The van der Waals surface area contributed by atoms with Gasteiger partial charge in [0.25, 0.3) is 5.91 Å². The van der Waals surface area contributed by atoms with Crippen LogP contribution in [0.25, 0.3) is 11.5 Å². The van der Waals surface area contributed by atoms with E-state index in [0.717, 1.165) is 25.7 Å². The van der Waals surface area contributed by atoms with Crippen LogP contribution in [0.1, 0.15) is 55.1 Å². The largest absolute Gasteiger partial charge is 0.463 e. The summed E-state index contributed by atoms with van der Waals surface area (Å²) in [5.41, 5.74) is 0.00424. The summed E-state index contributed by atoms with van der Waals surface area (Å²) in [6, 6.07) is 11.6. The fourth-order valence-corrected chi connectivity index (χ4v) is 4.82. The zero-order valence-corrected chi connectivity index (χ0v) is 18.6. The first kappa shape index (κ1) is 21.4. The molecule has 3 aromatic rings. The number of rotatable bonds is 5. The molecule has 2 amide bonds. The number of hydrogen-bond acceptors (Lipinski definition) is 4. The molecule has 0 radical (unpaired) electrons. The molecule has 2 aromatic heterocycles. The van der Waals surface area contributed by atoms with Gasteiger partial charge in [-0.15, -0.1) is 0 Å². The van der Waals surface area contributed by atoms with Crippen LogP contribution in [0.5, 0.6) is 0 Å². The summed E-state index contributed by atoms with van der Waals surface area (Å²) in [6.07, 6.45) is 6.73.